The average molecular weight is 261 g/mol. The van der Waals surface area contributed by atoms with Crippen molar-refractivity contribution in [2.45, 2.75) is 6.54 Å². The first-order valence-electron chi connectivity index (χ1n) is 4.72. The largest absolute Gasteiger partial charge is 0.314 e. The van der Waals surface area contributed by atoms with Crippen LogP contribution >= 0.6 is 15.9 Å². The van der Waals surface area contributed by atoms with Crippen molar-refractivity contribution in [1.82, 2.24) is 20.0 Å². The van der Waals surface area contributed by atoms with Crippen molar-refractivity contribution in [2.75, 3.05) is 33.7 Å². The third kappa shape index (κ3) is 4.74. The molecule has 80 valence electrons. The molecule has 0 amide bonds. The molecular weight excluding hydrogens is 244 g/mol. The third-order valence-electron chi connectivity index (χ3n) is 1.86. The van der Waals surface area contributed by atoms with Crippen LogP contribution in [0, 0.1) is 0 Å². The van der Waals surface area contributed by atoms with Gasteiger partial charge in [0, 0.05) is 25.8 Å². The van der Waals surface area contributed by atoms with Gasteiger partial charge in [-0.1, -0.05) is 0 Å². The van der Waals surface area contributed by atoms with Crippen molar-refractivity contribution in [1.29, 1.82) is 0 Å². The Hall–Kier alpha value is -0.390. The SMILES string of the molecule is CN(C)CCNCCn1cc(Br)cn1. The first-order chi connectivity index (χ1) is 6.68. The lowest BCUT2D eigenvalue weighted by Crippen LogP contribution is -2.28. The molecule has 0 aliphatic heterocycles. The summed E-state index contributed by atoms with van der Waals surface area (Å²) >= 11 is 3.36. The molecule has 14 heavy (non-hydrogen) atoms. The number of likely N-dealkylation sites (N-methyl/N-ethyl adjacent to an activating group) is 1. The highest BCUT2D eigenvalue weighted by atomic mass is 79.9. The van der Waals surface area contributed by atoms with Gasteiger partial charge < -0.3 is 10.2 Å². The molecule has 0 aliphatic rings. The Morgan fingerprint density at radius 3 is 2.86 bits per heavy atom. The highest BCUT2D eigenvalue weighted by Crippen LogP contribution is 2.05. The van der Waals surface area contributed by atoms with E-state index in [9.17, 15) is 0 Å². The van der Waals surface area contributed by atoms with E-state index in [0.29, 0.717) is 0 Å². The maximum atomic E-state index is 4.17. The second-order valence-corrected chi connectivity index (χ2v) is 4.39. The molecule has 5 heteroatoms. The van der Waals surface area contributed by atoms with Crippen molar-refractivity contribution in [2.24, 2.45) is 0 Å². The molecule has 0 saturated heterocycles. The van der Waals surface area contributed by atoms with Crippen LogP contribution in [0.2, 0.25) is 0 Å². The maximum absolute atomic E-state index is 4.17. The van der Waals surface area contributed by atoms with Crippen molar-refractivity contribution in [3.05, 3.63) is 16.9 Å². The van der Waals surface area contributed by atoms with Crippen molar-refractivity contribution in [3.63, 3.8) is 0 Å². The Balaban J connectivity index is 2.04. The van der Waals surface area contributed by atoms with Gasteiger partial charge in [-0.3, -0.25) is 4.68 Å². The zero-order valence-electron chi connectivity index (χ0n) is 8.70. The van der Waals surface area contributed by atoms with Crippen LogP contribution < -0.4 is 5.32 Å². The zero-order valence-corrected chi connectivity index (χ0v) is 10.3. The minimum atomic E-state index is 0.916. The lowest BCUT2D eigenvalue weighted by molar-refractivity contribution is 0.396. The molecule has 1 aromatic heterocycles. The molecule has 0 aromatic carbocycles. The van der Waals surface area contributed by atoms with Crippen LogP contribution in [0.3, 0.4) is 0 Å². The van der Waals surface area contributed by atoms with Crippen LogP contribution in [0.25, 0.3) is 0 Å². The Bertz CT molecular complexity index is 259. The fourth-order valence-electron chi connectivity index (χ4n) is 1.08. The number of nitrogens with zero attached hydrogens (tertiary/aromatic N) is 3. The summed E-state index contributed by atoms with van der Waals surface area (Å²) in [4.78, 5) is 2.16. The smallest absolute Gasteiger partial charge is 0.0632 e. The fraction of sp³-hybridized carbons (Fsp3) is 0.667. The number of rotatable bonds is 6. The summed E-state index contributed by atoms with van der Waals surface area (Å²) in [6.45, 7) is 3.97. The number of nitrogens with one attached hydrogen (secondary N) is 1. The quantitative estimate of drug-likeness (QED) is 0.769. The van der Waals surface area contributed by atoms with E-state index < -0.39 is 0 Å². The van der Waals surface area contributed by atoms with E-state index in [1.165, 1.54) is 0 Å². The molecule has 1 rings (SSSR count). The summed E-state index contributed by atoms with van der Waals surface area (Å²) in [5.74, 6) is 0. The number of aromatic nitrogens is 2. The van der Waals surface area contributed by atoms with Gasteiger partial charge in [-0.2, -0.15) is 5.10 Å². The molecule has 0 bridgehead atoms. The summed E-state index contributed by atoms with van der Waals surface area (Å²) < 4.78 is 2.96. The molecule has 0 saturated carbocycles. The average Bonchev–Trinajstić information content (AvgIpc) is 2.50. The second-order valence-electron chi connectivity index (χ2n) is 3.47. The van der Waals surface area contributed by atoms with E-state index in [1.807, 2.05) is 10.9 Å². The lowest BCUT2D eigenvalue weighted by Gasteiger charge is -2.10. The molecule has 1 heterocycles. The lowest BCUT2D eigenvalue weighted by atomic mass is 10.5. The van der Waals surface area contributed by atoms with Gasteiger partial charge in [0.25, 0.3) is 0 Å². The summed E-state index contributed by atoms with van der Waals surface area (Å²) in [5.41, 5.74) is 0. The van der Waals surface area contributed by atoms with E-state index >= 15 is 0 Å². The molecule has 1 N–H and O–H groups in total. The fourth-order valence-corrected chi connectivity index (χ4v) is 1.41. The standard InChI is InChI=1S/C9H17BrN4/c1-13(2)5-3-11-4-6-14-8-9(10)7-12-14/h7-8,11H,3-6H2,1-2H3. The Labute approximate surface area is 93.4 Å². The minimum Gasteiger partial charge on any atom is -0.314 e. The van der Waals surface area contributed by atoms with Gasteiger partial charge in [0.05, 0.1) is 17.2 Å². The summed E-state index contributed by atoms with van der Waals surface area (Å²) in [5, 5.41) is 7.52. The molecule has 4 nitrogen and oxygen atoms in total. The van der Waals surface area contributed by atoms with Gasteiger partial charge >= 0.3 is 0 Å². The van der Waals surface area contributed by atoms with Crippen LogP contribution in [0.4, 0.5) is 0 Å². The summed E-state index contributed by atoms with van der Waals surface area (Å²) in [6, 6.07) is 0. The van der Waals surface area contributed by atoms with Crippen LogP contribution in [-0.2, 0) is 6.54 Å². The number of hydrogen-bond acceptors (Lipinski definition) is 3. The van der Waals surface area contributed by atoms with Crippen LogP contribution in [0.5, 0.6) is 0 Å². The van der Waals surface area contributed by atoms with E-state index in [1.54, 1.807) is 6.20 Å². The first kappa shape index (κ1) is 11.7. The number of hydrogen-bond donors (Lipinski definition) is 1. The van der Waals surface area contributed by atoms with Crippen LogP contribution in [-0.4, -0.2) is 48.4 Å². The second kappa shape index (κ2) is 6.16. The molecule has 1 aromatic rings. The Morgan fingerprint density at radius 2 is 2.29 bits per heavy atom. The summed E-state index contributed by atoms with van der Waals surface area (Å²) in [7, 11) is 4.15. The molecular formula is C9H17BrN4. The molecule has 0 fully saturated rings. The molecule has 0 radical (unpaired) electrons. The molecule has 0 spiro atoms. The van der Waals surface area contributed by atoms with Gasteiger partial charge in [-0.05, 0) is 30.0 Å². The van der Waals surface area contributed by atoms with Gasteiger partial charge in [0.2, 0.25) is 0 Å². The number of halogens is 1. The highest BCUT2D eigenvalue weighted by Gasteiger charge is 1.94. The predicted octanol–water partition coefficient (Wildman–Crippen LogP) is 0.797. The topological polar surface area (TPSA) is 33.1 Å². The monoisotopic (exact) mass is 260 g/mol. The van der Waals surface area contributed by atoms with Crippen LogP contribution in [0.15, 0.2) is 16.9 Å². The van der Waals surface area contributed by atoms with Gasteiger partial charge in [0.15, 0.2) is 0 Å². The predicted molar refractivity (Wildman–Crippen MR) is 61.4 cm³/mol. The van der Waals surface area contributed by atoms with E-state index in [0.717, 1.165) is 30.7 Å². The van der Waals surface area contributed by atoms with E-state index in [2.05, 4.69) is 45.3 Å². The Kier molecular flexibility index (Phi) is 5.14. The van der Waals surface area contributed by atoms with E-state index in [4.69, 9.17) is 0 Å². The molecule has 0 aliphatic carbocycles. The summed E-state index contributed by atoms with van der Waals surface area (Å²) in [6.07, 6.45) is 3.79. The maximum Gasteiger partial charge on any atom is 0.0632 e. The zero-order chi connectivity index (χ0) is 10.4. The molecule has 0 unspecified atom stereocenters. The minimum absolute atomic E-state index is 0.916. The van der Waals surface area contributed by atoms with Gasteiger partial charge in [0.1, 0.15) is 0 Å². The normalized spacial score (nSPS) is 11.1. The third-order valence-corrected chi connectivity index (χ3v) is 2.26. The van der Waals surface area contributed by atoms with Crippen molar-refractivity contribution in [3.8, 4) is 0 Å². The van der Waals surface area contributed by atoms with Gasteiger partial charge in [-0.15, -0.1) is 0 Å². The molecule has 0 atom stereocenters. The highest BCUT2D eigenvalue weighted by molar-refractivity contribution is 9.10. The van der Waals surface area contributed by atoms with Crippen molar-refractivity contribution < 1.29 is 0 Å². The Morgan fingerprint density at radius 1 is 1.50 bits per heavy atom. The van der Waals surface area contributed by atoms with Crippen LogP contribution in [0.1, 0.15) is 0 Å². The van der Waals surface area contributed by atoms with Crippen molar-refractivity contribution >= 4 is 15.9 Å². The van der Waals surface area contributed by atoms with Gasteiger partial charge in [-0.25, -0.2) is 0 Å². The first-order valence-corrected chi connectivity index (χ1v) is 5.51. The van der Waals surface area contributed by atoms with E-state index in [-0.39, 0.29) is 0 Å².